The van der Waals surface area contributed by atoms with Crippen LogP contribution in [-0.2, 0) is 20.9 Å². The van der Waals surface area contributed by atoms with Gasteiger partial charge in [0.1, 0.15) is 6.04 Å². The number of hydrogen-bond donors (Lipinski definition) is 6. The second kappa shape index (κ2) is 13.6. The Balaban J connectivity index is 1.49. The number of fused-ring (bicyclic) bond motifs is 1. The lowest BCUT2D eigenvalue weighted by Crippen LogP contribution is -2.41. The normalized spacial score (nSPS) is 11.6. The molecule has 3 aromatic rings. The molecule has 0 unspecified atom stereocenters. The highest BCUT2D eigenvalue weighted by atomic mass is 16.5. The van der Waals surface area contributed by atoms with Crippen LogP contribution < -0.4 is 21.7 Å². The first-order chi connectivity index (χ1) is 18.3. The lowest BCUT2D eigenvalue weighted by Gasteiger charge is -2.15. The number of carbonyl (C=O) groups is 3. The summed E-state index contributed by atoms with van der Waals surface area (Å²) in [6.07, 6.45) is 2.26. The zero-order valence-corrected chi connectivity index (χ0v) is 20.8. The van der Waals surface area contributed by atoms with Gasteiger partial charge in [0.2, 0.25) is 17.7 Å². The summed E-state index contributed by atoms with van der Waals surface area (Å²) in [7, 11) is 0. The van der Waals surface area contributed by atoms with Crippen molar-refractivity contribution in [3.05, 3.63) is 41.7 Å². The molecule has 14 heteroatoms. The van der Waals surface area contributed by atoms with Gasteiger partial charge < -0.3 is 36.6 Å². The average molecular weight is 527 g/mol. The van der Waals surface area contributed by atoms with Gasteiger partial charge >= 0.3 is 5.97 Å². The quantitative estimate of drug-likeness (QED) is 0.161. The Morgan fingerprint density at radius 2 is 1.87 bits per heavy atom. The van der Waals surface area contributed by atoms with Crippen LogP contribution in [0.4, 0.5) is 11.6 Å². The minimum absolute atomic E-state index is 0.0527. The molecule has 1 atom stereocenters. The summed E-state index contributed by atoms with van der Waals surface area (Å²) in [6, 6.07) is 5.15. The molecule has 3 rings (SSSR count). The van der Waals surface area contributed by atoms with Crippen LogP contribution in [0.5, 0.6) is 5.88 Å². The Bertz CT molecular complexity index is 1270. The van der Waals surface area contributed by atoms with Gasteiger partial charge in [-0.2, -0.15) is 9.97 Å². The van der Waals surface area contributed by atoms with E-state index in [0.717, 1.165) is 6.42 Å². The van der Waals surface area contributed by atoms with E-state index in [2.05, 4.69) is 35.9 Å². The molecule has 0 radical (unpaired) electrons. The maximum Gasteiger partial charge on any atom is 0.326 e. The molecule has 14 nitrogen and oxygen atoms in total. The van der Waals surface area contributed by atoms with E-state index in [1.165, 1.54) is 18.3 Å². The minimum atomic E-state index is -1.23. The number of aromatic hydroxyl groups is 1. The van der Waals surface area contributed by atoms with Crippen molar-refractivity contribution >= 4 is 40.6 Å². The van der Waals surface area contributed by atoms with Crippen LogP contribution in [0.15, 0.2) is 30.5 Å². The number of benzene rings is 1. The summed E-state index contributed by atoms with van der Waals surface area (Å²) in [4.78, 5) is 52.1. The van der Waals surface area contributed by atoms with Crippen LogP contribution in [0.2, 0.25) is 0 Å². The summed E-state index contributed by atoms with van der Waals surface area (Å²) < 4.78 is 5.27. The molecular weight excluding hydrogens is 496 g/mol. The Morgan fingerprint density at radius 1 is 1.11 bits per heavy atom. The third-order valence-corrected chi connectivity index (χ3v) is 5.26. The Kier molecular flexibility index (Phi) is 10.0. The summed E-state index contributed by atoms with van der Waals surface area (Å²) in [5, 5.41) is 27.6. The number of nitrogen functional groups attached to an aromatic ring is 1. The molecule has 0 aliphatic carbocycles. The Labute approximate surface area is 218 Å². The lowest BCUT2D eigenvalue weighted by atomic mass is 10.1. The Morgan fingerprint density at radius 3 is 2.58 bits per heavy atom. The summed E-state index contributed by atoms with van der Waals surface area (Å²) in [5.41, 5.74) is 7.20. The number of hydrogen-bond acceptors (Lipinski definition) is 11. The molecule has 0 aliphatic heterocycles. The Hall–Kier alpha value is -4.59. The fraction of sp³-hybridized carbons (Fsp3) is 0.375. The number of ether oxygens (including phenoxy) is 1. The fourth-order valence-electron chi connectivity index (χ4n) is 3.34. The molecule has 7 N–H and O–H groups in total. The van der Waals surface area contributed by atoms with E-state index in [1.54, 1.807) is 12.1 Å². The van der Waals surface area contributed by atoms with Gasteiger partial charge in [-0.3, -0.25) is 9.59 Å². The van der Waals surface area contributed by atoms with Crippen molar-refractivity contribution in [3.8, 4) is 5.88 Å². The number of nitrogens with one attached hydrogen (secondary N) is 3. The predicted molar refractivity (Wildman–Crippen MR) is 137 cm³/mol. The molecule has 0 saturated heterocycles. The predicted octanol–water partition coefficient (Wildman–Crippen LogP) is 0.826. The van der Waals surface area contributed by atoms with Gasteiger partial charge in [-0.05, 0) is 37.1 Å². The highest BCUT2D eigenvalue weighted by Gasteiger charge is 2.21. The second-order valence-electron chi connectivity index (χ2n) is 8.24. The number of rotatable bonds is 14. The highest BCUT2D eigenvalue weighted by Crippen LogP contribution is 2.19. The van der Waals surface area contributed by atoms with Gasteiger partial charge in [0, 0.05) is 30.8 Å². The van der Waals surface area contributed by atoms with Crippen molar-refractivity contribution in [2.75, 3.05) is 30.8 Å². The third-order valence-electron chi connectivity index (χ3n) is 5.26. The van der Waals surface area contributed by atoms with Crippen molar-refractivity contribution in [3.63, 3.8) is 0 Å². The number of anilines is 2. The van der Waals surface area contributed by atoms with Crippen molar-refractivity contribution in [1.82, 2.24) is 30.6 Å². The number of carboxylic acid groups (broad SMARTS) is 1. The molecule has 0 fully saturated rings. The van der Waals surface area contributed by atoms with E-state index in [4.69, 9.17) is 10.5 Å². The third kappa shape index (κ3) is 8.23. The number of aromatic nitrogens is 4. The molecule has 2 heterocycles. The zero-order valence-electron chi connectivity index (χ0n) is 20.8. The number of nitrogens with two attached hydrogens (primary N) is 1. The molecule has 38 heavy (non-hydrogen) atoms. The topological polar surface area (TPSA) is 215 Å². The molecule has 0 saturated carbocycles. The van der Waals surface area contributed by atoms with Crippen LogP contribution >= 0.6 is 0 Å². The maximum atomic E-state index is 12.6. The molecular formula is C24H30N8O6. The molecule has 0 aliphatic rings. The van der Waals surface area contributed by atoms with E-state index in [9.17, 15) is 24.6 Å². The molecule has 2 amide bonds. The first-order valence-corrected chi connectivity index (χ1v) is 12.0. The summed E-state index contributed by atoms with van der Waals surface area (Å²) in [6.45, 7) is 3.56. The van der Waals surface area contributed by atoms with Gasteiger partial charge in [-0.15, -0.1) is 0 Å². The first-order valence-electron chi connectivity index (χ1n) is 12.0. The van der Waals surface area contributed by atoms with E-state index >= 15 is 0 Å². The van der Waals surface area contributed by atoms with Gasteiger partial charge in [0.05, 0.1) is 25.0 Å². The number of aliphatic carboxylic acids is 1. The van der Waals surface area contributed by atoms with Crippen molar-refractivity contribution < 1.29 is 29.3 Å². The second-order valence-corrected chi connectivity index (χ2v) is 8.24. The fourth-order valence-corrected chi connectivity index (χ4v) is 3.34. The zero-order chi connectivity index (χ0) is 27.5. The highest BCUT2D eigenvalue weighted by molar-refractivity contribution is 5.97. The monoisotopic (exact) mass is 526 g/mol. The average Bonchev–Trinajstić information content (AvgIpc) is 2.89. The maximum absolute atomic E-state index is 12.6. The van der Waals surface area contributed by atoms with E-state index in [-0.39, 0.29) is 53.8 Å². The summed E-state index contributed by atoms with van der Waals surface area (Å²) >= 11 is 0. The summed E-state index contributed by atoms with van der Waals surface area (Å²) in [5.74, 6) is -2.60. The number of carbonyl (C=O) groups excluding carboxylic acids is 2. The van der Waals surface area contributed by atoms with Crippen molar-refractivity contribution in [2.24, 2.45) is 0 Å². The number of amides is 2. The molecule has 202 valence electrons. The van der Waals surface area contributed by atoms with Crippen LogP contribution in [0.25, 0.3) is 11.2 Å². The van der Waals surface area contributed by atoms with Gasteiger partial charge in [0.15, 0.2) is 11.2 Å². The standard InChI is InChI=1S/C24H30N8O6/c1-2-10-38-11-9-26-18(33)8-7-17(23(36)37)30-21(34)14-3-5-15(6-4-14)27-12-16-13-28-20-19(29-16)22(35)32-24(25)31-20/h3-6,13,17,27H,2,7-12H2,1H3,(H,26,33)(H,30,34)(H,36,37)(H3,25,28,31,32,35)/t17-/m1/s1. The van der Waals surface area contributed by atoms with E-state index in [0.29, 0.717) is 31.1 Å². The van der Waals surface area contributed by atoms with Crippen LogP contribution in [0.3, 0.4) is 0 Å². The van der Waals surface area contributed by atoms with E-state index in [1.807, 2.05) is 6.92 Å². The SMILES string of the molecule is CCCOCCNC(=O)CC[C@@H](NC(=O)c1ccc(NCc2cnc3nc(N)nc(O)c3n2)cc1)C(=O)O. The molecule has 0 bridgehead atoms. The van der Waals surface area contributed by atoms with Gasteiger partial charge in [-0.25, -0.2) is 14.8 Å². The molecule has 0 spiro atoms. The van der Waals surface area contributed by atoms with Crippen LogP contribution in [0, 0.1) is 0 Å². The smallest absolute Gasteiger partial charge is 0.326 e. The lowest BCUT2D eigenvalue weighted by molar-refractivity contribution is -0.139. The minimum Gasteiger partial charge on any atom is -0.492 e. The van der Waals surface area contributed by atoms with E-state index < -0.39 is 17.9 Å². The number of carboxylic acids is 1. The van der Waals surface area contributed by atoms with Crippen molar-refractivity contribution in [2.45, 2.75) is 38.8 Å². The largest absolute Gasteiger partial charge is 0.492 e. The first kappa shape index (κ1) is 28.0. The van der Waals surface area contributed by atoms with Crippen LogP contribution in [-0.4, -0.2) is 73.7 Å². The molecule has 1 aromatic carbocycles. The van der Waals surface area contributed by atoms with Gasteiger partial charge in [-0.1, -0.05) is 6.92 Å². The van der Waals surface area contributed by atoms with Crippen molar-refractivity contribution in [1.29, 1.82) is 0 Å². The molecule has 2 aromatic heterocycles. The van der Waals surface area contributed by atoms with Gasteiger partial charge in [0.25, 0.3) is 5.91 Å². The van der Waals surface area contributed by atoms with Crippen LogP contribution in [0.1, 0.15) is 42.2 Å². The number of nitrogens with zero attached hydrogens (tertiary/aromatic N) is 4.